The van der Waals surface area contributed by atoms with Gasteiger partial charge in [-0.2, -0.15) is 5.10 Å². The van der Waals surface area contributed by atoms with Crippen LogP contribution in [-0.4, -0.2) is 28.9 Å². The number of benzene rings is 2. The predicted octanol–water partition coefficient (Wildman–Crippen LogP) is 2.94. The van der Waals surface area contributed by atoms with Gasteiger partial charge in [-0.1, -0.05) is 23.8 Å². The van der Waals surface area contributed by atoms with Gasteiger partial charge in [0.25, 0.3) is 5.56 Å². The van der Waals surface area contributed by atoms with Crippen LogP contribution in [0.1, 0.15) is 11.1 Å². The van der Waals surface area contributed by atoms with Gasteiger partial charge in [0, 0.05) is 23.4 Å². The Hall–Kier alpha value is -3.61. The van der Waals surface area contributed by atoms with E-state index in [0.29, 0.717) is 36.1 Å². The Labute approximate surface area is 167 Å². The van der Waals surface area contributed by atoms with E-state index < -0.39 is 0 Å². The van der Waals surface area contributed by atoms with Crippen LogP contribution in [-0.2, 0) is 11.3 Å². The summed E-state index contributed by atoms with van der Waals surface area (Å²) in [6.07, 6.45) is 0. The second-order valence-electron chi connectivity index (χ2n) is 6.94. The van der Waals surface area contributed by atoms with Crippen LogP contribution in [0.4, 0.5) is 5.69 Å². The third kappa shape index (κ3) is 4.13. The van der Waals surface area contributed by atoms with Crippen LogP contribution in [0.5, 0.6) is 11.5 Å². The van der Waals surface area contributed by atoms with E-state index in [9.17, 15) is 9.59 Å². The smallest absolute Gasteiger partial charge is 0.267 e. The van der Waals surface area contributed by atoms with Gasteiger partial charge in [0.2, 0.25) is 5.91 Å². The monoisotopic (exact) mass is 391 g/mol. The minimum Gasteiger partial charge on any atom is -0.486 e. The molecular formula is C22H21N3O4. The van der Waals surface area contributed by atoms with Crippen molar-refractivity contribution in [1.82, 2.24) is 9.78 Å². The van der Waals surface area contributed by atoms with Crippen molar-refractivity contribution in [3.05, 3.63) is 70.0 Å². The number of anilines is 1. The van der Waals surface area contributed by atoms with Gasteiger partial charge in [-0.05, 0) is 37.6 Å². The number of ether oxygens (including phenoxy) is 2. The normalized spacial score (nSPS) is 12.5. The molecule has 0 atom stereocenters. The number of hydrogen-bond donors (Lipinski definition) is 1. The van der Waals surface area contributed by atoms with Crippen LogP contribution in [0.3, 0.4) is 0 Å². The van der Waals surface area contributed by atoms with Crippen molar-refractivity contribution in [2.75, 3.05) is 18.5 Å². The molecule has 1 aromatic heterocycles. The van der Waals surface area contributed by atoms with Crippen LogP contribution in [0.25, 0.3) is 11.3 Å². The molecule has 0 spiro atoms. The van der Waals surface area contributed by atoms with Gasteiger partial charge in [-0.3, -0.25) is 9.59 Å². The zero-order chi connectivity index (χ0) is 20.4. The SMILES string of the molecule is Cc1ccc(-c2ccc(=O)n(CC(=O)Nc3ccc4c(c3)OCCO4)n2)c(C)c1. The van der Waals surface area contributed by atoms with E-state index in [2.05, 4.69) is 16.5 Å². The van der Waals surface area contributed by atoms with E-state index in [1.54, 1.807) is 24.3 Å². The molecule has 148 valence electrons. The van der Waals surface area contributed by atoms with Crippen LogP contribution in [0, 0.1) is 13.8 Å². The van der Waals surface area contributed by atoms with Gasteiger partial charge in [-0.25, -0.2) is 4.68 Å². The maximum absolute atomic E-state index is 12.5. The zero-order valence-electron chi connectivity index (χ0n) is 16.3. The van der Waals surface area contributed by atoms with Crippen molar-refractivity contribution in [2.45, 2.75) is 20.4 Å². The summed E-state index contributed by atoms with van der Waals surface area (Å²) < 4.78 is 12.2. The third-order valence-electron chi connectivity index (χ3n) is 4.64. The van der Waals surface area contributed by atoms with Crippen molar-refractivity contribution in [2.24, 2.45) is 0 Å². The fraction of sp³-hybridized carbons (Fsp3) is 0.227. The van der Waals surface area contributed by atoms with E-state index in [-0.39, 0.29) is 18.0 Å². The highest BCUT2D eigenvalue weighted by Crippen LogP contribution is 2.32. The lowest BCUT2D eigenvalue weighted by Crippen LogP contribution is -2.29. The molecule has 2 aromatic carbocycles. The summed E-state index contributed by atoms with van der Waals surface area (Å²) in [6, 6.07) is 14.3. The average Bonchev–Trinajstić information content (AvgIpc) is 2.70. The standard InChI is InChI=1S/C22H21N3O4/c1-14-3-5-17(15(2)11-14)18-6-8-22(27)25(24-18)13-21(26)23-16-4-7-19-20(12-16)29-10-9-28-19/h3-8,11-12H,9-10,13H2,1-2H3,(H,23,26). The predicted molar refractivity (Wildman–Crippen MR) is 109 cm³/mol. The molecule has 1 aliphatic heterocycles. The van der Waals surface area contributed by atoms with Crippen LogP contribution >= 0.6 is 0 Å². The quantitative estimate of drug-likeness (QED) is 0.739. The first kappa shape index (κ1) is 18.7. The lowest BCUT2D eigenvalue weighted by atomic mass is 10.0. The fourth-order valence-electron chi connectivity index (χ4n) is 3.26. The molecule has 0 aliphatic carbocycles. The fourth-order valence-corrected chi connectivity index (χ4v) is 3.26. The van der Waals surface area contributed by atoms with E-state index in [1.165, 1.54) is 10.7 Å². The number of amides is 1. The van der Waals surface area contributed by atoms with Gasteiger partial charge < -0.3 is 14.8 Å². The van der Waals surface area contributed by atoms with Gasteiger partial charge >= 0.3 is 0 Å². The maximum atomic E-state index is 12.5. The summed E-state index contributed by atoms with van der Waals surface area (Å²) in [6.45, 7) is 4.80. The summed E-state index contributed by atoms with van der Waals surface area (Å²) in [5.41, 5.74) is 4.02. The highest BCUT2D eigenvalue weighted by atomic mass is 16.6. The summed E-state index contributed by atoms with van der Waals surface area (Å²) >= 11 is 0. The maximum Gasteiger partial charge on any atom is 0.267 e. The van der Waals surface area contributed by atoms with E-state index in [0.717, 1.165) is 16.7 Å². The molecule has 0 unspecified atom stereocenters. The number of hydrogen-bond acceptors (Lipinski definition) is 5. The molecule has 4 rings (SSSR count). The van der Waals surface area contributed by atoms with Crippen molar-refractivity contribution in [1.29, 1.82) is 0 Å². The largest absolute Gasteiger partial charge is 0.486 e. The first-order valence-electron chi connectivity index (χ1n) is 9.35. The number of nitrogens with one attached hydrogen (secondary N) is 1. The molecule has 7 heteroatoms. The van der Waals surface area contributed by atoms with Gasteiger partial charge in [0.1, 0.15) is 19.8 Å². The van der Waals surface area contributed by atoms with E-state index in [1.807, 2.05) is 26.0 Å². The lowest BCUT2D eigenvalue weighted by molar-refractivity contribution is -0.117. The Kier molecular flexibility index (Phi) is 5.03. The second-order valence-corrected chi connectivity index (χ2v) is 6.94. The Morgan fingerprint density at radius 2 is 1.83 bits per heavy atom. The number of aryl methyl sites for hydroxylation is 2. The van der Waals surface area contributed by atoms with Crippen LogP contribution in [0.2, 0.25) is 0 Å². The summed E-state index contributed by atoms with van der Waals surface area (Å²) in [7, 11) is 0. The molecule has 0 saturated carbocycles. The molecule has 7 nitrogen and oxygen atoms in total. The molecular weight excluding hydrogens is 370 g/mol. The highest BCUT2D eigenvalue weighted by Gasteiger charge is 2.14. The third-order valence-corrected chi connectivity index (χ3v) is 4.64. The summed E-state index contributed by atoms with van der Waals surface area (Å²) in [5.74, 6) is 0.878. The van der Waals surface area contributed by atoms with Crippen molar-refractivity contribution < 1.29 is 14.3 Å². The molecule has 29 heavy (non-hydrogen) atoms. The molecule has 3 aromatic rings. The topological polar surface area (TPSA) is 82.5 Å². The summed E-state index contributed by atoms with van der Waals surface area (Å²) in [4.78, 5) is 24.7. The molecule has 1 aliphatic rings. The van der Waals surface area contributed by atoms with Crippen molar-refractivity contribution in [3.63, 3.8) is 0 Å². The second kappa shape index (κ2) is 7.79. The Morgan fingerprint density at radius 1 is 1.03 bits per heavy atom. The zero-order valence-corrected chi connectivity index (χ0v) is 16.3. The molecule has 2 heterocycles. The average molecular weight is 391 g/mol. The number of aromatic nitrogens is 2. The lowest BCUT2D eigenvalue weighted by Gasteiger charge is -2.19. The molecule has 0 saturated heterocycles. The Balaban J connectivity index is 1.53. The first-order valence-corrected chi connectivity index (χ1v) is 9.35. The molecule has 0 radical (unpaired) electrons. The number of carbonyl (C=O) groups excluding carboxylic acids is 1. The Bertz CT molecular complexity index is 1140. The molecule has 0 bridgehead atoms. The van der Waals surface area contributed by atoms with Crippen molar-refractivity contribution in [3.8, 4) is 22.8 Å². The Morgan fingerprint density at radius 3 is 2.62 bits per heavy atom. The molecule has 1 N–H and O–H groups in total. The number of fused-ring (bicyclic) bond motifs is 1. The molecule has 1 amide bonds. The first-order chi connectivity index (χ1) is 14.0. The van der Waals surface area contributed by atoms with Gasteiger partial charge in [0.15, 0.2) is 11.5 Å². The summed E-state index contributed by atoms with van der Waals surface area (Å²) in [5, 5.41) is 7.16. The minimum absolute atomic E-state index is 0.188. The van der Waals surface area contributed by atoms with Crippen LogP contribution in [0.15, 0.2) is 53.3 Å². The number of nitrogens with zero attached hydrogens (tertiary/aromatic N) is 2. The number of carbonyl (C=O) groups is 1. The van der Waals surface area contributed by atoms with E-state index in [4.69, 9.17) is 9.47 Å². The number of rotatable bonds is 4. The van der Waals surface area contributed by atoms with Gasteiger partial charge in [0.05, 0.1) is 5.69 Å². The van der Waals surface area contributed by atoms with Crippen molar-refractivity contribution >= 4 is 11.6 Å². The molecule has 0 fully saturated rings. The van der Waals surface area contributed by atoms with Gasteiger partial charge in [-0.15, -0.1) is 0 Å². The highest BCUT2D eigenvalue weighted by molar-refractivity contribution is 5.90. The van der Waals surface area contributed by atoms with Crippen LogP contribution < -0.4 is 20.3 Å². The van der Waals surface area contributed by atoms with E-state index >= 15 is 0 Å². The minimum atomic E-state index is -0.353.